The van der Waals surface area contributed by atoms with Gasteiger partial charge >= 0.3 is 0 Å². The molecule has 0 bridgehead atoms. The molecule has 0 radical (unpaired) electrons. The smallest absolute Gasteiger partial charge is 0.251 e. The molecule has 0 spiro atoms. The molecule has 1 amide bonds. The number of nitrogens with zero attached hydrogens (tertiary/aromatic N) is 2. The number of rotatable bonds is 4. The van der Waals surface area contributed by atoms with Gasteiger partial charge in [-0.25, -0.2) is 4.98 Å². The summed E-state index contributed by atoms with van der Waals surface area (Å²) in [7, 11) is 1.88. The number of hydrogen-bond donors (Lipinski definition) is 1. The predicted octanol–water partition coefficient (Wildman–Crippen LogP) is 1.96. The maximum atomic E-state index is 12.2. The first-order valence-corrected chi connectivity index (χ1v) is 8.01. The van der Waals surface area contributed by atoms with E-state index in [0.717, 1.165) is 12.8 Å². The highest BCUT2D eigenvalue weighted by Crippen LogP contribution is 2.22. The van der Waals surface area contributed by atoms with Gasteiger partial charge in [-0.05, 0) is 19.8 Å². The first-order chi connectivity index (χ1) is 9.56. The summed E-state index contributed by atoms with van der Waals surface area (Å²) in [5, 5.41) is 0.514. The van der Waals surface area contributed by atoms with Crippen LogP contribution in [0.25, 0.3) is 0 Å². The van der Waals surface area contributed by atoms with Crippen LogP contribution in [0.4, 0.5) is 0 Å². The number of amides is 1. The second kappa shape index (κ2) is 6.92. The van der Waals surface area contributed by atoms with Crippen LogP contribution in [-0.2, 0) is 4.79 Å². The first kappa shape index (κ1) is 15.1. The summed E-state index contributed by atoms with van der Waals surface area (Å²) < 4.78 is 0. The SMILES string of the molecule is Cc1cc(=O)[nH]c(SCC(=O)N(C)C2CCCCC2)n1. The molecule has 0 aliphatic heterocycles. The number of carbonyl (C=O) groups is 1. The van der Waals surface area contributed by atoms with Crippen LogP contribution >= 0.6 is 11.8 Å². The third-order valence-corrected chi connectivity index (χ3v) is 4.55. The van der Waals surface area contributed by atoms with Crippen LogP contribution in [0.1, 0.15) is 37.8 Å². The lowest BCUT2D eigenvalue weighted by atomic mass is 9.94. The molecule has 1 aromatic rings. The third kappa shape index (κ3) is 4.10. The Morgan fingerprint density at radius 3 is 2.80 bits per heavy atom. The quantitative estimate of drug-likeness (QED) is 0.681. The van der Waals surface area contributed by atoms with Crippen LogP contribution in [0.2, 0.25) is 0 Å². The predicted molar refractivity (Wildman–Crippen MR) is 80.0 cm³/mol. The number of carbonyl (C=O) groups excluding carboxylic acids is 1. The molecule has 2 rings (SSSR count). The van der Waals surface area contributed by atoms with Crippen molar-refractivity contribution in [1.29, 1.82) is 0 Å². The lowest BCUT2D eigenvalue weighted by Gasteiger charge is -2.31. The molecule has 6 heteroatoms. The van der Waals surface area contributed by atoms with Crippen molar-refractivity contribution in [2.24, 2.45) is 0 Å². The molecule has 1 N–H and O–H groups in total. The van der Waals surface area contributed by atoms with E-state index in [4.69, 9.17) is 0 Å². The Kier molecular flexibility index (Phi) is 5.23. The molecule has 0 saturated heterocycles. The molecule has 1 aliphatic carbocycles. The van der Waals surface area contributed by atoms with E-state index < -0.39 is 0 Å². The van der Waals surface area contributed by atoms with Gasteiger partial charge in [0.1, 0.15) is 0 Å². The molecule has 1 aliphatic rings. The van der Waals surface area contributed by atoms with Crippen molar-refractivity contribution < 1.29 is 4.79 Å². The van der Waals surface area contributed by atoms with Crippen molar-refractivity contribution in [2.45, 2.75) is 50.2 Å². The molecule has 1 aromatic heterocycles. The summed E-state index contributed by atoms with van der Waals surface area (Å²) in [5.74, 6) is 0.422. The van der Waals surface area contributed by atoms with Gasteiger partial charge in [0.15, 0.2) is 5.16 Å². The van der Waals surface area contributed by atoms with Gasteiger partial charge in [0, 0.05) is 24.8 Å². The number of hydrogen-bond acceptors (Lipinski definition) is 4. The topological polar surface area (TPSA) is 66.1 Å². The zero-order chi connectivity index (χ0) is 14.5. The number of aromatic nitrogens is 2. The van der Waals surface area contributed by atoms with Crippen molar-refractivity contribution in [3.63, 3.8) is 0 Å². The van der Waals surface area contributed by atoms with Gasteiger partial charge in [-0.15, -0.1) is 0 Å². The van der Waals surface area contributed by atoms with Crippen molar-refractivity contribution >= 4 is 17.7 Å². The standard InChI is InChI=1S/C14H21N3O2S/c1-10-8-12(18)16-14(15-10)20-9-13(19)17(2)11-6-4-3-5-7-11/h8,11H,3-7,9H2,1-2H3,(H,15,16,18). The molecule has 5 nitrogen and oxygen atoms in total. The number of aryl methyl sites for hydroxylation is 1. The van der Waals surface area contributed by atoms with E-state index in [2.05, 4.69) is 9.97 Å². The highest BCUT2D eigenvalue weighted by Gasteiger charge is 2.22. The monoisotopic (exact) mass is 295 g/mol. The van der Waals surface area contributed by atoms with E-state index >= 15 is 0 Å². The second-order valence-corrected chi connectivity index (χ2v) is 6.24. The van der Waals surface area contributed by atoms with E-state index in [1.807, 2.05) is 11.9 Å². The lowest BCUT2D eigenvalue weighted by Crippen LogP contribution is -2.39. The van der Waals surface area contributed by atoms with Crippen LogP contribution in [0.15, 0.2) is 16.0 Å². The van der Waals surface area contributed by atoms with Gasteiger partial charge in [0.2, 0.25) is 5.91 Å². The summed E-state index contributed by atoms with van der Waals surface area (Å²) in [6.45, 7) is 1.77. The fourth-order valence-corrected chi connectivity index (χ4v) is 3.37. The van der Waals surface area contributed by atoms with Crippen molar-refractivity contribution in [2.75, 3.05) is 12.8 Å². The fourth-order valence-electron chi connectivity index (χ4n) is 2.52. The average Bonchev–Trinajstić information content (AvgIpc) is 2.44. The van der Waals surface area contributed by atoms with Crippen LogP contribution in [0, 0.1) is 6.92 Å². The summed E-state index contributed by atoms with van der Waals surface area (Å²) in [4.78, 5) is 32.2. The zero-order valence-corrected chi connectivity index (χ0v) is 12.8. The molecule has 1 fully saturated rings. The van der Waals surface area contributed by atoms with Crippen LogP contribution in [0.5, 0.6) is 0 Å². The van der Waals surface area contributed by atoms with E-state index in [0.29, 0.717) is 22.6 Å². The third-order valence-electron chi connectivity index (χ3n) is 3.70. The molecule has 1 saturated carbocycles. The number of nitrogens with one attached hydrogen (secondary N) is 1. The van der Waals surface area contributed by atoms with Gasteiger partial charge in [0.05, 0.1) is 5.75 Å². The Labute approximate surface area is 123 Å². The summed E-state index contributed by atoms with van der Waals surface area (Å²) in [5.41, 5.74) is 0.498. The summed E-state index contributed by atoms with van der Waals surface area (Å²) in [6, 6.07) is 1.82. The number of aromatic amines is 1. The average molecular weight is 295 g/mol. The normalized spacial score (nSPS) is 16.1. The molecule has 20 heavy (non-hydrogen) atoms. The Balaban J connectivity index is 1.89. The summed E-state index contributed by atoms with van der Waals surface area (Å²) in [6.07, 6.45) is 5.91. The summed E-state index contributed by atoms with van der Waals surface area (Å²) >= 11 is 1.29. The van der Waals surface area contributed by atoms with E-state index in [9.17, 15) is 9.59 Å². The van der Waals surface area contributed by atoms with Gasteiger partial charge in [-0.1, -0.05) is 31.0 Å². The van der Waals surface area contributed by atoms with Crippen LogP contribution in [0.3, 0.4) is 0 Å². The number of thioether (sulfide) groups is 1. The maximum absolute atomic E-state index is 12.2. The number of H-pyrrole nitrogens is 1. The van der Waals surface area contributed by atoms with Crippen molar-refractivity contribution in [3.05, 3.63) is 22.1 Å². The van der Waals surface area contributed by atoms with Crippen molar-refractivity contribution in [1.82, 2.24) is 14.9 Å². The molecule has 1 heterocycles. The molecule has 110 valence electrons. The van der Waals surface area contributed by atoms with E-state index in [1.54, 1.807) is 6.92 Å². The molecule has 0 unspecified atom stereocenters. The molecular weight excluding hydrogens is 274 g/mol. The zero-order valence-electron chi connectivity index (χ0n) is 12.0. The molecule has 0 atom stereocenters. The second-order valence-electron chi connectivity index (χ2n) is 5.28. The molecular formula is C14H21N3O2S. The highest BCUT2D eigenvalue weighted by molar-refractivity contribution is 7.99. The Hall–Kier alpha value is -1.30. The van der Waals surface area contributed by atoms with Crippen molar-refractivity contribution in [3.8, 4) is 0 Å². The van der Waals surface area contributed by atoms with Gasteiger partial charge < -0.3 is 9.88 Å². The van der Waals surface area contributed by atoms with Crippen LogP contribution in [-0.4, -0.2) is 39.6 Å². The Morgan fingerprint density at radius 1 is 1.45 bits per heavy atom. The Morgan fingerprint density at radius 2 is 2.15 bits per heavy atom. The lowest BCUT2D eigenvalue weighted by molar-refractivity contribution is -0.129. The minimum absolute atomic E-state index is 0.103. The van der Waals surface area contributed by atoms with Gasteiger partial charge in [-0.2, -0.15) is 0 Å². The van der Waals surface area contributed by atoms with E-state index in [1.165, 1.54) is 37.1 Å². The van der Waals surface area contributed by atoms with E-state index in [-0.39, 0.29) is 11.5 Å². The fraction of sp³-hybridized carbons (Fsp3) is 0.643. The van der Waals surface area contributed by atoms with Crippen LogP contribution < -0.4 is 5.56 Å². The van der Waals surface area contributed by atoms with Gasteiger partial charge in [-0.3, -0.25) is 9.59 Å². The minimum Gasteiger partial charge on any atom is -0.342 e. The minimum atomic E-state index is -0.173. The first-order valence-electron chi connectivity index (χ1n) is 7.02. The van der Waals surface area contributed by atoms with Gasteiger partial charge in [0.25, 0.3) is 5.56 Å². The maximum Gasteiger partial charge on any atom is 0.251 e. The Bertz CT molecular complexity index is 523. The molecule has 0 aromatic carbocycles. The largest absolute Gasteiger partial charge is 0.342 e. The highest BCUT2D eigenvalue weighted by atomic mass is 32.2.